The molecule has 1 amide bonds. The molecule has 29 heavy (non-hydrogen) atoms. The SMILES string of the molecule is Cc1cccc(Oc2ccccc2NC(=O)Cc2nc3nc(C)cc(C)n3n2)c1. The fourth-order valence-electron chi connectivity index (χ4n) is 3.09. The first-order valence-electron chi connectivity index (χ1n) is 9.31. The lowest BCUT2D eigenvalue weighted by Crippen LogP contribution is -2.15. The van der Waals surface area contributed by atoms with E-state index in [4.69, 9.17) is 4.74 Å². The lowest BCUT2D eigenvalue weighted by molar-refractivity contribution is -0.115. The van der Waals surface area contributed by atoms with E-state index in [0.717, 1.165) is 17.0 Å². The van der Waals surface area contributed by atoms with Gasteiger partial charge in [-0.3, -0.25) is 4.79 Å². The highest BCUT2D eigenvalue weighted by atomic mass is 16.5. The Morgan fingerprint density at radius 3 is 2.69 bits per heavy atom. The number of hydrogen-bond donors (Lipinski definition) is 1. The van der Waals surface area contributed by atoms with Gasteiger partial charge < -0.3 is 10.1 Å². The zero-order valence-corrected chi connectivity index (χ0v) is 16.5. The van der Waals surface area contributed by atoms with Crippen molar-refractivity contribution in [3.63, 3.8) is 0 Å². The number of carbonyl (C=O) groups is 1. The maximum absolute atomic E-state index is 12.6. The zero-order valence-electron chi connectivity index (χ0n) is 16.5. The Morgan fingerprint density at radius 2 is 1.86 bits per heavy atom. The van der Waals surface area contributed by atoms with Gasteiger partial charge in [-0.05, 0) is 56.7 Å². The summed E-state index contributed by atoms with van der Waals surface area (Å²) in [5, 5.41) is 7.28. The normalized spacial score (nSPS) is 10.9. The Kier molecular flexibility index (Phi) is 4.95. The van der Waals surface area contributed by atoms with Crippen molar-refractivity contribution in [1.29, 1.82) is 0 Å². The molecule has 7 heteroatoms. The van der Waals surface area contributed by atoms with Gasteiger partial charge in [-0.25, -0.2) is 9.50 Å². The van der Waals surface area contributed by atoms with Gasteiger partial charge in [0.25, 0.3) is 5.78 Å². The topological polar surface area (TPSA) is 81.4 Å². The Labute approximate surface area is 168 Å². The predicted molar refractivity (Wildman–Crippen MR) is 110 cm³/mol. The van der Waals surface area contributed by atoms with Crippen LogP contribution in [0.3, 0.4) is 0 Å². The maximum Gasteiger partial charge on any atom is 0.252 e. The third-order valence-electron chi connectivity index (χ3n) is 4.36. The van der Waals surface area contributed by atoms with Gasteiger partial charge in [-0.2, -0.15) is 4.98 Å². The second kappa shape index (κ2) is 7.71. The average Bonchev–Trinajstić information content (AvgIpc) is 3.06. The lowest BCUT2D eigenvalue weighted by Gasteiger charge is -2.12. The number of hydrogen-bond acceptors (Lipinski definition) is 5. The fourth-order valence-corrected chi connectivity index (χ4v) is 3.09. The van der Waals surface area contributed by atoms with Crippen molar-refractivity contribution < 1.29 is 9.53 Å². The van der Waals surface area contributed by atoms with E-state index in [1.54, 1.807) is 10.6 Å². The molecule has 0 spiro atoms. The third-order valence-corrected chi connectivity index (χ3v) is 4.36. The molecule has 7 nitrogen and oxygen atoms in total. The van der Waals surface area contributed by atoms with Gasteiger partial charge in [-0.15, -0.1) is 5.10 Å². The molecule has 2 aromatic heterocycles. The third kappa shape index (κ3) is 4.24. The fraction of sp³-hybridized carbons (Fsp3) is 0.182. The number of anilines is 1. The zero-order chi connectivity index (χ0) is 20.4. The average molecular weight is 387 g/mol. The molecular formula is C22H21N5O2. The largest absolute Gasteiger partial charge is 0.455 e. The van der Waals surface area contributed by atoms with Gasteiger partial charge in [0.05, 0.1) is 12.1 Å². The summed E-state index contributed by atoms with van der Waals surface area (Å²) in [5.41, 5.74) is 3.47. The van der Waals surface area contributed by atoms with Crippen LogP contribution in [0.4, 0.5) is 5.69 Å². The molecule has 0 aliphatic rings. The summed E-state index contributed by atoms with van der Waals surface area (Å²) >= 11 is 0. The highest BCUT2D eigenvalue weighted by Gasteiger charge is 2.14. The molecule has 0 aliphatic carbocycles. The molecule has 1 N–H and O–H groups in total. The molecule has 2 aromatic carbocycles. The van der Waals surface area contributed by atoms with Crippen LogP contribution < -0.4 is 10.1 Å². The number of para-hydroxylation sites is 2. The van der Waals surface area contributed by atoms with Crippen LogP contribution in [-0.2, 0) is 11.2 Å². The van der Waals surface area contributed by atoms with E-state index in [-0.39, 0.29) is 12.3 Å². The van der Waals surface area contributed by atoms with Crippen LogP contribution in [0.25, 0.3) is 5.78 Å². The van der Waals surface area contributed by atoms with Crippen molar-refractivity contribution in [3.8, 4) is 11.5 Å². The van der Waals surface area contributed by atoms with E-state index < -0.39 is 0 Å². The summed E-state index contributed by atoms with van der Waals surface area (Å²) in [6.45, 7) is 5.83. The van der Waals surface area contributed by atoms with Crippen molar-refractivity contribution in [3.05, 3.63) is 77.4 Å². The molecule has 0 bridgehead atoms. The van der Waals surface area contributed by atoms with E-state index in [2.05, 4.69) is 20.4 Å². The second-order valence-corrected chi connectivity index (χ2v) is 6.92. The molecule has 146 valence electrons. The summed E-state index contributed by atoms with van der Waals surface area (Å²) in [6.07, 6.45) is 0.0423. The summed E-state index contributed by atoms with van der Waals surface area (Å²) in [4.78, 5) is 21.3. The summed E-state index contributed by atoms with van der Waals surface area (Å²) in [5.74, 6) is 1.97. The van der Waals surface area contributed by atoms with Gasteiger partial charge in [0, 0.05) is 11.4 Å². The number of amides is 1. The first kappa shape index (κ1) is 18.6. The molecule has 2 heterocycles. The molecular weight excluding hydrogens is 366 g/mol. The van der Waals surface area contributed by atoms with E-state index in [1.165, 1.54) is 0 Å². The minimum atomic E-state index is -0.226. The molecule has 0 saturated carbocycles. The summed E-state index contributed by atoms with van der Waals surface area (Å²) in [6, 6.07) is 17.0. The molecule has 4 rings (SSSR count). The molecule has 0 saturated heterocycles. The van der Waals surface area contributed by atoms with E-state index in [1.807, 2.05) is 69.3 Å². The van der Waals surface area contributed by atoms with Crippen molar-refractivity contribution in [2.75, 3.05) is 5.32 Å². The quantitative estimate of drug-likeness (QED) is 0.559. The highest BCUT2D eigenvalue weighted by Crippen LogP contribution is 2.29. The second-order valence-electron chi connectivity index (χ2n) is 6.92. The van der Waals surface area contributed by atoms with Crippen molar-refractivity contribution in [2.24, 2.45) is 0 Å². The first-order valence-corrected chi connectivity index (χ1v) is 9.31. The van der Waals surface area contributed by atoms with Crippen LogP contribution in [0.15, 0.2) is 54.6 Å². The number of nitrogens with zero attached hydrogens (tertiary/aromatic N) is 4. The minimum absolute atomic E-state index is 0.0423. The highest BCUT2D eigenvalue weighted by molar-refractivity contribution is 5.93. The van der Waals surface area contributed by atoms with E-state index in [9.17, 15) is 4.79 Å². The van der Waals surface area contributed by atoms with Gasteiger partial charge in [0.15, 0.2) is 11.6 Å². The van der Waals surface area contributed by atoms with Crippen molar-refractivity contribution in [1.82, 2.24) is 19.6 Å². The van der Waals surface area contributed by atoms with E-state index >= 15 is 0 Å². The van der Waals surface area contributed by atoms with Crippen LogP contribution in [0.5, 0.6) is 11.5 Å². The van der Waals surface area contributed by atoms with Crippen LogP contribution in [0, 0.1) is 20.8 Å². The number of benzene rings is 2. The van der Waals surface area contributed by atoms with Gasteiger partial charge in [0.2, 0.25) is 5.91 Å². The van der Waals surface area contributed by atoms with Crippen LogP contribution in [0.1, 0.15) is 22.8 Å². The number of ether oxygens (including phenoxy) is 1. The Bertz CT molecular complexity index is 1200. The smallest absolute Gasteiger partial charge is 0.252 e. The van der Waals surface area contributed by atoms with Crippen LogP contribution in [0.2, 0.25) is 0 Å². The monoisotopic (exact) mass is 387 g/mol. The summed E-state index contributed by atoms with van der Waals surface area (Å²) < 4.78 is 7.60. The number of rotatable bonds is 5. The van der Waals surface area contributed by atoms with Crippen molar-refractivity contribution >= 4 is 17.4 Å². The standard InChI is InChI=1S/C22H21N5O2/c1-14-7-6-8-17(11-14)29-19-10-5-4-9-18(19)24-21(28)13-20-25-22-23-15(2)12-16(3)27(22)26-20/h4-12H,13H2,1-3H3,(H,24,28). The lowest BCUT2D eigenvalue weighted by atomic mass is 10.2. The van der Waals surface area contributed by atoms with Crippen molar-refractivity contribution in [2.45, 2.75) is 27.2 Å². The first-order chi connectivity index (χ1) is 14.0. The molecule has 0 atom stereocenters. The van der Waals surface area contributed by atoms with E-state index in [0.29, 0.717) is 28.8 Å². The number of nitrogens with one attached hydrogen (secondary N) is 1. The maximum atomic E-state index is 12.6. The molecule has 0 unspecified atom stereocenters. The number of aryl methyl sites for hydroxylation is 3. The number of carbonyl (C=O) groups excluding carboxylic acids is 1. The molecule has 0 aliphatic heterocycles. The number of aromatic nitrogens is 4. The number of fused-ring (bicyclic) bond motifs is 1. The predicted octanol–water partition coefficient (Wildman–Crippen LogP) is 4.02. The Hall–Kier alpha value is -3.74. The molecule has 0 fully saturated rings. The molecule has 4 aromatic rings. The Morgan fingerprint density at radius 1 is 1.03 bits per heavy atom. The van der Waals surface area contributed by atoms with Gasteiger partial charge in [-0.1, -0.05) is 24.3 Å². The Balaban J connectivity index is 1.51. The van der Waals surface area contributed by atoms with Gasteiger partial charge in [0.1, 0.15) is 5.75 Å². The van der Waals surface area contributed by atoms with Crippen LogP contribution in [-0.4, -0.2) is 25.5 Å². The van der Waals surface area contributed by atoms with Crippen LogP contribution >= 0.6 is 0 Å². The minimum Gasteiger partial charge on any atom is -0.455 e. The summed E-state index contributed by atoms with van der Waals surface area (Å²) in [7, 11) is 0. The van der Waals surface area contributed by atoms with Gasteiger partial charge >= 0.3 is 0 Å². The molecule has 0 radical (unpaired) electrons.